The number of benzene rings is 2. The van der Waals surface area contributed by atoms with E-state index in [9.17, 15) is 4.79 Å². The normalized spacial score (nSPS) is 18.8. The number of carbonyl (C=O) groups is 1. The average molecular weight is 447 g/mol. The van der Waals surface area contributed by atoms with Crippen LogP contribution in [-0.4, -0.2) is 47.3 Å². The second-order valence-electron chi connectivity index (χ2n) is 9.08. The molecule has 1 aliphatic heterocycles. The largest absolute Gasteiger partial charge is 0.497 e. The summed E-state index contributed by atoms with van der Waals surface area (Å²) in [5.41, 5.74) is 4.28. The van der Waals surface area contributed by atoms with Crippen LogP contribution in [0.1, 0.15) is 30.9 Å². The topological polar surface area (TPSA) is 59.4 Å². The van der Waals surface area contributed by atoms with E-state index in [0.717, 1.165) is 55.8 Å². The van der Waals surface area contributed by atoms with Crippen molar-refractivity contribution in [1.82, 2.24) is 20.0 Å². The Morgan fingerprint density at radius 1 is 1.09 bits per heavy atom. The van der Waals surface area contributed by atoms with Crippen molar-refractivity contribution < 1.29 is 9.53 Å². The van der Waals surface area contributed by atoms with Crippen molar-refractivity contribution in [1.29, 1.82) is 0 Å². The van der Waals surface area contributed by atoms with Crippen LogP contribution >= 0.6 is 0 Å². The van der Waals surface area contributed by atoms with Crippen LogP contribution in [0, 0.1) is 5.41 Å². The minimum atomic E-state index is -0.419. The number of aromatic nitrogens is 2. The summed E-state index contributed by atoms with van der Waals surface area (Å²) in [6.45, 7) is 5.23. The Hall–Kier alpha value is -3.12. The first-order valence-electron chi connectivity index (χ1n) is 11.7. The van der Waals surface area contributed by atoms with E-state index in [2.05, 4.69) is 57.9 Å². The number of carbonyl (C=O) groups excluding carboxylic acids is 1. The Bertz CT molecular complexity index is 1060. The molecule has 33 heavy (non-hydrogen) atoms. The first-order chi connectivity index (χ1) is 16.0. The zero-order valence-electron chi connectivity index (χ0n) is 19.9. The predicted octanol–water partition coefficient (Wildman–Crippen LogP) is 4.06. The smallest absolute Gasteiger partial charge is 0.227 e. The van der Waals surface area contributed by atoms with Crippen molar-refractivity contribution in [2.45, 2.75) is 32.7 Å². The minimum Gasteiger partial charge on any atom is -0.497 e. The Morgan fingerprint density at radius 2 is 1.79 bits per heavy atom. The van der Waals surface area contributed by atoms with E-state index in [0.29, 0.717) is 6.54 Å². The van der Waals surface area contributed by atoms with Gasteiger partial charge in [-0.15, -0.1) is 0 Å². The molecule has 0 saturated carbocycles. The fourth-order valence-corrected chi connectivity index (χ4v) is 4.92. The monoisotopic (exact) mass is 446 g/mol. The molecule has 1 aromatic heterocycles. The second-order valence-corrected chi connectivity index (χ2v) is 9.08. The third-order valence-electron chi connectivity index (χ3n) is 6.56. The first kappa shape index (κ1) is 23.1. The van der Waals surface area contributed by atoms with Crippen LogP contribution in [0.2, 0.25) is 0 Å². The van der Waals surface area contributed by atoms with Crippen molar-refractivity contribution >= 4 is 5.91 Å². The highest BCUT2D eigenvalue weighted by atomic mass is 16.5. The number of aryl methyl sites for hydroxylation is 1. The third kappa shape index (κ3) is 5.45. The maximum atomic E-state index is 13.3. The minimum absolute atomic E-state index is 0.167. The zero-order valence-corrected chi connectivity index (χ0v) is 19.9. The maximum Gasteiger partial charge on any atom is 0.227 e. The maximum absolute atomic E-state index is 13.3. The van der Waals surface area contributed by atoms with Crippen molar-refractivity contribution in [3.05, 3.63) is 72.1 Å². The Labute approximate surface area is 196 Å². The van der Waals surface area contributed by atoms with Crippen molar-refractivity contribution in [2.75, 3.05) is 26.7 Å². The summed E-state index contributed by atoms with van der Waals surface area (Å²) in [6, 6.07) is 16.7. The number of ether oxygens (including phenoxy) is 1. The lowest BCUT2D eigenvalue weighted by atomic mass is 9.74. The third-order valence-corrected chi connectivity index (χ3v) is 6.56. The standard InChI is InChI=1S/C27H34N4O2/c1-4-28-26(32)27(14-5-15-31(20-27)19-22-17-29-30(2)18-22)16-21-6-8-23(9-7-21)24-10-12-25(33-3)13-11-24/h6-13,17-18H,4-5,14-16,19-20H2,1-3H3,(H,28,32)/t27-/m0/s1. The van der Waals surface area contributed by atoms with Gasteiger partial charge >= 0.3 is 0 Å². The molecule has 0 spiro atoms. The fraction of sp³-hybridized carbons (Fsp3) is 0.407. The quantitative estimate of drug-likeness (QED) is 0.567. The summed E-state index contributed by atoms with van der Waals surface area (Å²) < 4.78 is 7.10. The van der Waals surface area contributed by atoms with Gasteiger partial charge in [0, 0.05) is 38.4 Å². The van der Waals surface area contributed by atoms with Crippen LogP contribution in [0.4, 0.5) is 0 Å². The molecule has 1 saturated heterocycles. The molecule has 6 nitrogen and oxygen atoms in total. The first-order valence-corrected chi connectivity index (χ1v) is 11.7. The van der Waals surface area contributed by atoms with Crippen LogP contribution in [0.3, 0.4) is 0 Å². The molecule has 1 N–H and O–H groups in total. The van der Waals surface area contributed by atoms with Gasteiger partial charge in [-0.1, -0.05) is 36.4 Å². The van der Waals surface area contributed by atoms with Gasteiger partial charge in [0.1, 0.15) is 5.75 Å². The van der Waals surface area contributed by atoms with Gasteiger partial charge in [-0.3, -0.25) is 14.4 Å². The molecule has 4 rings (SSSR count). The molecular weight excluding hydrogens is 412 g/mol. The Balaban J connectivity index is 1.52. The van der Waals surface area contributed by atoms with E-state index in [4.69, 9.17) is 4.74 Å². The van der Waals surface area contributed by atoms with Gasteiger partial charge in [0.2, 0.25) is 5.91 Å². The van der Waals surface area contributed by atoms with Gasteiger partial charge in [0.25, 0.3) is 0 Å². The van der Waals surface area contributed by atoms with E-state index in [1.165, 1.54) is 11.1 Å². The summed E-state index contributed by atoms with van der Waals surface area (Å²) >= 11 is 0. The van der Waals surface area contributed by atoms with Gasteiger partial charge in [-0.25, -0.2) is 0 Å². The molecule has 2 aromatic carbocycles. The van der Waals surface area contributed by atoms with Crippen LogP contribution in [0.25, 0.3) is 11.1 Å². The van der Waals surface area contributed by atoms with Crippen LogP contribution in [0.5, 0.6) is 5.75 Å². The lowest BCUT2D eigenvalue weighted by Crippen LogP contribution is -2.52. The lowest BCUT2D eigenvalue weighted by Gasteiger charge is -2.42. The summed E-state index contributed by atoms with van der Waals surface area (Å²) in [6.07, 6.45) is 6.63. The highest BCUT2D eigenvalue weighted by Crippen LogP contribution is 2.35. The molecular formula is C27H34N4O2. The molecule has 2 heterocycles. The summed E-state index contributed by atoms with van der Waals surface area (Å²) in [7, 11) is 3.62. The molecule has 1 amide bonds. The molecule has 1 fully saturated rings. The average Bonchev–Trinajstić information content (AvgIpc) is 3.24. The number of amides is 1. The fourth-order valence-electron chi connectivity index (χ4n) is 4.92. The van der Waals surface area contributed by atoms with Crippen LogP contribution < -0.4 is 10.1 Å². The van der Waals surface area contributed by atoms with Crippen molar-refractivity contribution in [3.8, 4) is 16.9 Å². The van der Waals surface area contributed by atoms with Crippen LogP contribution in [0.15, 0.2) is 60.9 Å². The SMILES string of the molecule is CCNC(=O)[C@]1(Cc2ccc(-c3ccc(OC)cc3)cc2)CCCN(Cc2cnn(C)c2)C1. The summed E-state index contributed by atoms with van der Waals surface area (Å²) in [4.78, 5) is 15.7. The summed E-state index contributed by atoms with van der Waals surface area (Å²) in [5, 5.41) is 7.42. The van der Waals surface area contributed by atoms with E-state index in [1.54, 1.807) is 7.11 Å². The van der Waals surface area contributed by atoms with Crippen molar-refractivity contribution in [3.63, 3.8) is 0 Å². The summed E-state index contributed by atoms with van der Waals surface area (Å²) in [5.74, 6) is 1.02. The number of piperidine rings is 1. The number of nitrogens with one attached hydrogen (secondary N) is 1. The highest BCUT2D eigenvalue weighted by Gasteiger charge is 2.42. The van der Waals surface area contributed by atoms with Gasteiger partial charge < -0.3 is 10.1 Å². The van der Waals surface area contributed by atoms with Crippen molar-refractivity contribution in [2.24, 2.45) is 12.5 Å². The molecule has 1 aliphatic rings. The Morgan fingerprint density at radius 3 is 2.39 bits per heavy atom. The van der Waals surface area contributed by atoms with Crippen LogP contribution in [-0.2, 0) is 24.8 Å². The van der Waals surface area contributed by atoms with E-state index in [-0.39, 0.29) is 5.91 Å². The van der Waals surface area contributed by atoms with Gasteiger partial charge in [-0.05, 0) is 61.6 Å². The number of hydrogen-bond donors (Lipinski definition) is 1. The molecule has 174 valence electrons. The molecule has 1 atom stereocenters. The molecule has 3 aromatic rings. The van der Waals surface area contributed by atoms with E-state index >= 15 is 0 Å². The predicted molar refractivity (Wildman–Crippen MR) is 131 cm³/mol. The molecule has 0 unspecified atom stereocenters. The van der Waals surface area contributed by atoms with Gasteiger partial charge in [-0.2, -0.15) is 5.10 Å². The molecule has 0 aliphatic carbocycles. The van der Waals surface area contributed by atoms with Gasteiger partial charge in [0.05, 0.1) is 18.7 Å². The number of methoxy groups -OCH3 is 1. The zero-order chi connectivity index (χ0) is 23.3. The highest BCUT2D eigenvalue weighted by molar-refractivity contribution is 5.83. The van der Waals surface area contributed by atoms with E-state index < -0.39 is 5.41 Å². The Kier molecular flexibility index (Phi) is 7.14. The van der Waals surface area contributed by atoms with E-state index in [1.807, 2.05) is 37.0 Å². The molecule has 0 radical (unpaired) electrons. The van der Waals surface area contributed by atoms with Gasteiger partial charge in [0.15, 0.2) is 0 Å². The number of nitrogens with zero attached hydrogens (tertiary/aromatic N) is 3. The number of rotatable bonds is 8. The lowest BCUT2D eigenvalue weighted by molar-refractivity contribution is -0.134. The number of likely N-dealkylation sites (tertiary alicyclic amines) is 1. The second kappa shape index (κ2) is 10.2. The molecule has 0 bridgehead atoms. The molecule has 6 heteroatoms. The number of hydrogen-bond acceptors (Lipinski definition) is 4.